The van der Waals surface area contributed by atoms with Crippen molar-refractivity contribution in [3.8, 4) is 0 Å². The smallest absolute Gasteiger partial charge is 0.0594 e. The molecule has 1 rings (SSSR count). The first kappa shape index (κ1) is 14.5. The Kier molecular flexibility index (Phi) is 5.45. The van der Waals surface area contributed by atoms with Crippen molar-refractivity contribution in [1.82, 2.24) is 0 Å². The van der Waals surface area contributed by atoms with Gasteiger partial charge in [0.25, 0.3) is 0 Å². The summed E-state index contributed by atoms with van der Waals surface area (Å²) >= 11 is 0. The van der Waals surface area contributed by atoms with E-state index in [-0.39, 0.29) is 0 Å². The van der Waals surface area contributed by atoms with E-state index >= 15 is 0 Å². The maximum absolute atomic E-state index is 9.81. The highest BCUT2D eigenvalue weighted by Gasteiger charge is 2.21. The molecule has 0 bridgehead atoms. The number of hydrogen-bond donors (Lipinski definition) is 1. The molecule has 0 heterocycles. The summed E-state index contributed by atoms with van der Waals surface area (Å²) in [6.45, 7) is 8.16. The third-order valence-electron chi connectivity index (χ3n) is 3.42. The number of allylic oxidation sites excluding steroid dienone is 4. The van der Waals surface area contributed by atoms with Gasteiger partial charge in [-0.05, 0) is 72.1 Å². The summed E-state index contributed by atoms with van der Waals surface area (Å²) in [5.74, 6) is 0.683. The molecule has 1 nitrogen and oxygen atoms in total. The first-order chi connectivity index (χ1) is 7.87. The Hall–Kier alpha value is -0.560. The molecule has 0 unspecified atom stereocenters. The van der Waals surface area contributed by atoms with Crippen molar-refractivity contribution in [3.05, 3.63) is 23.3 Å². The molecule has 0 spiro atoms. The van der Waals surface area contributed by atoms with E-state index in [1.165, 1.54) is 31.3 Å². The van der Waals surface area contributed by atoms with E-state index in [0.29, 0.717) is 5.92 Å². The summed E-state index contributed by atoms with van der Waals surface area (Å²) in [5, 5.41) is 9.81. The van der Waals surface area contributed by atoms with Crippen LogP contribution >= 0.6 is 0 Å². The van der Waals surface area contributed by atoms with Crippen LogP contribution in [0.3, 0.4) is 0 Å². The number of rotatable bonds is 5. The van der Waals surface area contributed by atoms with Gasteiger partial charge in [-0.1, -0.05) is 23.3 Å². The zero-order valence-electron chi connectivity index (χ0n) is 11.9. The lowest BCUT2D eigenvalue weighted by molar-refractivity contribution is 0.0506. The molecule has 0 aromatic rings. The van der Waals surface area contributed by atoms with Crippen molar-refractivity contribution < 1.29 is 5.11 Å². The normalized spacial score (nSPS) is 21.0. The molecule has 0 aromatic carbocycles. The van der Waals surface area contributed by atoms with Crippen LogP contribution in [0.15, 0.2) is 23.3 Å². The van der Waals surface area contributed by atoms with Crippen LogP contribution in [0, 0.1) is 5.92 Å². The molecular formula is C16H28O. The summed E-state index contributed by atoms with van der Waals surface area (Å²) in [6, 6.07) is 0. The summed E-state index contributed by atoms with van der Waals surface area (Å²) in [5.41, 5.74) is 2.54. The second kappa shape index (κ2) is 6.39. The Balaban J connectivity index is 2.32. The molecule has 0 saturated carbocycles. The van der Waals surface area contributed by atoms with Crippen LogP contribution in [-0.4, -0.2) is 10.7 Å². The SMILES string of the molecule is CC(C)=CCCC1=CC[C@@H](CC(C)(C)O)CC1. The predicted octanol–water partition coefficient (Wildman–Crippen LogP) is 4.62. The molecule has 98 valence electrons. The van der Waals surface area contributed by atoms with E-state index in [9.17, 15) is 5.11 Å². The van der Waals surface area contributed by atoms with E-state index < -0.39 is 5.60 Å². The second-order valence-corrected chi connectivity index (χ2v) is 6.34. The topological polar surface area (TPSA) is 20.2 Å². The first-order valence-corrected chi connectivity index (χ1v) is 6.90. The van der Waals surface area contributed by atoms with Crippen molar-refractivity contribution in [1.29, 1.82) is 0 Å². The molecule has 1 atom stereocenters. The van der Waals surface area contributed by atoms with Crippen molar-refractivity contribution in [2.45, 2.75) is 71.8 Å². The molecule has 1 aliphatic rings. The molecule has 0 fully saturated rings. The monoisotopic (exact) mass is 236 g/mol. The Morgan fingerprint density at radius 3 is 2.65 bits per heavy atom. The zero-order valence-corrected chi connectivity index (χ0v) is 11.9. The first-order valence-electron chi connectivity index (χ1n) is 6.90. The van der Waals surface area contributed by atoms with Gasteiger partial charge in [-0.2, -0.15) is 0 Å². The Bertz CT molecular complexity index is 287. The summed E-state index contributed by atoms with van der Waals surface area (Å²) in [6.07, 6.45) is 11.7. The second-order valence-electron chi connectivity index (χ2n) is 6.34. The quantitative estimate of drug-likeness (QED) is 0.691. The fourth-order valence-electron chi connectivity index (χ4n) is 2.61. The maximum atomic E-state index is 9.81. The Morgan fingerprint density at radius 1 is 1.47 bits per heavy atom. The van der Waals surface area contributed by atoms with Crippen molar-refractivity contribution in [2.24, 2.45) is 5.92 Å². The van der Waals surface area contributed by atoms with Gasteiger partial charge in [-0.15, -0.1) is 0 Å². The molecule has 0 radical (unpaired) electrons. The lowest BCUT2D eigenvalue weighted by atomic mass is 9.82. The predicted molar refractivity (Wildman–Crippen MR) is 75.0 cm³/mol. The summed E-state index contributed by atoms with van der Waals surface area (Å²) < 4.78 is 0. The number of aliphatic hydroxyl groups is 1. The molecular weight excluding hydrogens is 208 g/mol. The van der Waals surface area contributed by atoms with E-state index in [2.05, 4.69) is 26.0 Å². The Morgan fingerprint density at radius 2 is 2.18 bits per heavy atom. The van der Waals surface area contributed by atoms with Crippen LogP contribution < -0.4 is 0 Å². The maximum Gasteiger partial charge on any atom is 0.0594 e. The van der Waals surface area contributed by atoms with Gasteiger partial charge in [0.2, 0.25) is 0 Å². The van der Waals surface area contributed by atoms with Crippen LogP contribution in [0.2, 0.25) is 0 Å². The van der Waals surface area contributed by atoms with Crippen LogP contribution in [0.5, 0.6) is 0 Å². The van der Waals surface area contributed by atoms with E-state index in [4.69, 9.17) is 0 Å². The molecule has 17 heavy (non-hydrogen) atoms. The van der Waals surface area contributed by atoms with Gasteiger partial charge in [0.1, 0.15) is 0 Å². The highest BCUT2D eigenvalue weighted by molar-refractivity contribution is 5.08. The largest absolute Gasteiger partial charge is 0.390 e. The fourth-order valence-corrected chi connectivity index (χ4v) is 2.61. The minimum absolute atomic E-state index is 0.502. The van der Waals surface area contributed by atoms with Gasteiger partial charge in [-0.3, -0.25) is 0 Å². The molecule has 0 saturated heterocycles. The molecule has 0 aromatic heterocycles. The van der Waals surface area contributed by atoms with Crippen molar-refractivity contribution in [3.63, 3.8) is 0 Å². The summed E-state index contributed by atoms with van der Waals surface area (Å²) in [4.78, 5) is 0. The minimum Gasteiger partial charge on any atom is -0.390 e. The van der Waals surface area contributed by atoms with Gasteiger partial charge in [0.05, 0.1) is 5.60 Å². The summed E-state index contributed by atoms with van der Waals surface area (Å²) in [7, 11) is 0. The average molecular weight is 236 g/mol. The van der Waals surface area contributed by atoms with E-state index in [1.54, 1.807) is 5.57 Å². The van der Waals surface area contributed by atoms with Gasteiger partial charge in [-0.25, -0.2) is 0 Å². The molecule has 1 heteroatoms. The molecule has 1 aliphatic carbocycles. The molecule has 1 N–H and O–H groups in total. The van der Waals surface area contributed by atoms with E-state index in [1.807, 2.05) is 13.8 Å². The molecule has 0 amide bonds. The van der Waals surface area contributed by atoms with Crippen LogP contribution in [0.1, 0.15) is 66.2 Å². The van der Waals surface area contributed by atoms with Crippen LogP contribution in [0.25, 0.3) is 0 Å². The van der Waals surface area contributed by atoms with Crippen LogP contribution in [0.4, 0.5) is 0 Å². The van der Waals surface area contributed by atoms with Gasteiger partial charge in [0.15, 0.2) is 0 Å². The van der Waals surface area contributed by atoms with Crippen LogP contribution in [-0.2, 0) is 0 Å². The zero-order chi connectivity index (χ0) is 12.9. The van der Waals surface area contributed by atoms with Gasteiger partial charge in [0, 0.05) is 0 Å². The lowest BCUT2D eigenvalue weighted by Gasteiger charge is -2.27. The average Bonchev–Trinajstić information content (AvgIpc) is 2.18. The highest BCUT2D eigenvalue weighted by Crippen LogP contribution is 2.31. The third kappa shape index (κ3) is 6.68. The Labute approximate surface area is 107 Å². The fraction of sp³-hybridized carbons (Fsp3) is 0.750. The number of hydrogen-bond acceptors (Lipinski definition) is 1. The lowest BCUT2D eigenvalue weighted by Crippen LogP contribution is -2.24. The van der Waals surface area contributed by atoms with E-state index in [0.717, 1.165) is 12.8 Å². The minimum atomic E-state index is -0.502. The molecule has 0 aliphatic heterocycles. The van der Waals surface area contributed by atoms with Gasteiger partial charge < -0.3 is 5.11 Å². The standard InChI is InChI=1S/C16H28O/c1-13(2)6-5-7-14-8-10-15(11-9-14)12-16(3,4)17/h6,8,15,17H,5,7,9-12H2,1-4H3/t15-/m1/s1. The third-order valence-corrected chi connectivity index (χ3v) is 3.42. The van der Waals surface area contributed by atoms with Crippen molar-refractivity contribution in [2.75, 3.05) is 0 Å². The highest BCUT2D eigenvalue weighted by atomic mass is 16.3. The van der Waals surface area contributed by atoms with Gasteiger partial charge >= 0.3 is 0 Å². The van der Waals surface area contributed by atoms with Crippen molar-refractivity contribution >= 4 is 0 Å².